The van der Waals surface area contributed by atoms with Crippen LogP contribution in [-0.4, -0.2) is 10.9 Å². The zero-order valence-corrected chi connectivity index (χ0v) is 12.4. The van der Waals surface area contributed by atoms with Crippen molar-refractivity contribution < 1.29 is 9.18 Å². The van der Waals surface area contributed by atoms with Crippen molar-refractivity contribution in [2.45, 2.75) is 13.8 Å². The first-order valence-electron chi connectivity index (χ1n) is 6.48. The van der Waals surface area contributed by atoms with Gasteiger partial charge >= 0.3 is 0 Å². The van der Waals surface area contributed by atoms with E-state index in [2.05, 4.69) is 10.3 Å². The van der Waals surface area contributed by atoms with Crippen LogP contribution in [0.1, 0.15) is 20.8 Å². The zero-order chi connectivity index (χ0) is 15.0. The summed E-state index contributed by atoms with van der Waals surface area (Å²) in [5.74, 6) is -0.0579. The molecule has 0 radical (unpaired) electrons. The van der Waals surface area contributed by atoms with Gasteiger partial charge in [0.2, 0.25) is 0 Å². The van der Waals surface area contributed by atoms with Gasteiger partial charge in [0.05, 0.1) is 4.88 Å². The van der Waals surface area contributed by atoms with Crippen molar-refractivity contribution >= 4 is 33.1 Å². The van der Waals surface area contributed by atoms with Crippen LogP contribution in [0.2, 0.25) is 0 Å². The van der Waals surface area contributed by atoms with Crippen LogP contribution >= 0.6 is 11.3 Å². The van der Waals surface area contributed by atoms with E-state index in [-0.39, 0.29) is 11.7 Å². The number of nitrogens with one attached hydrogen (secondary N) is 1. The quantitative estimate of drug-likeness (QED) is 0.766. The molecule has 0 saturated carbocycles. The molecule has 3 rings (SSSR count). The Morgan fingerprint density at radius 2 is 2.10 bits per heavy atom. The average Bonchev–Trinajstić information content (AvgIpc) is 2.77. The third-order valence-corrected chi connectivity index (χ3v) is 4.52. The number of anilines is 1. The minimum Gasteiger partial charge on any atom is -0.306 e. The molecule has 0 bridgehead atoms. The molecule has 106 valence electrons. The Morgan fingerprint density at radius 1 is 1.29 bits per heavy atom. The van der Waals surface area contributed by atoms with Crippen LogP contribution in [0.3, 0.4) is 0 Å². The topological polar surface area (TPSA) is 42.0 Å². The fourth-order valence-electron chi connectivity index (χ4n) is 2.25. The van der Waals surface area contributed by atoms with Gasteiger partial charge in [-0.2, -0.15) is 0 Å². The molecule has 21 heavy (non-hydrogen) atoms. The highest BCUT2D eigenvalue weighted by Gasteiger charge is 2.18. The minimum absolute atomic E-state index is 0.258. The van der Waals surface area contributed by atoms with Crippen molar-refractivity contribution in [3.8, 4) is 0 Å². The molecule has 0 fully saturated rings. The highest BCUT2D eigenvalue weighted by Crippen LogP contribution is 2.32. The van der Waals surface area contributed by atoms with E-state index in [9.17, 15) is 9.18 Å². The van der Waals surface area contributed by atoms with Crippen LogP contribution in [0.15, 0.2) is 36.5 Å². The van der Waals surface area contributed by atoms with Crippen LogP contribution in [-0.2, 0) is 0 Å². The summed E-state index contributed by atoms with van der Waals surface area (Å²) in [4.78, 5) is 17.0. The van der Waals surface area contributed by atoms with Crippen molar-refractivity contribution in [1.82, 2.24) is 4.98 Å². The Kier molecular flexibility index (Phi) is 3.43. The van der Waals surface area contributed by atoms with Crippen molar-refractivity contribution in [2.24, 2.45) is 0 Å². The number of pyridine rings is 1. The van der Waals surface area contributed by atoms with E-state index in [1.807, 2.05) is 19.1 Å². The standard InChI is InChI=1S/C16H13FN2OS/c1-9-6-7-18-13(8-9)19-16(20)15-10(2)14-11(17)4-3-5-12(14)21-15/h3-8H,1-2H3,(H,18,19,20). The summed E-state index contributed by atoms with van der Waals surface area (Å²) < 4.78 is 14.6. The van der Waals surface area contributed by atoms with E-state index >= 15 is 0 Å². The first-order chi connectivity index (χ1) is 10.1. The third-order valence-electron chi connectivity index (χ3n) is 3.27. The number of hydrogen-bond donors (Lipinski definition) is 1. The summed E-state index contributed by atoms with van der Waals surface area (Å²) in [5, 5.41) is 3.28. The zero-order valence-electron chi connectivity index (χ0n) is 11.6. The van der Waals surface area contributed by atoms with Crippen molar-refractivity contribution in [3.05, 3.63) is 58.3 Å². The number of amides is 1. The van der Waals surface area contributed by atoms with Crippen LogP contribution in [0, 0.1) is 19.7 Å². The second-order valence-electron chi connectivity index (χ2n) is 4.84. The highest BCUT2D eigenvalue weighted by atomic mass is 32.1. The minimum atomic E-state index is -0.297. The second kappa shape index (κ2) is 5.26. The fraction of sp³-hybridized carbons (Fsp3) is 0.125. The molecule has 3 nitrogen and oxygen atoms in total. The number of aryl methyl sites for hydroxylation is 2. The Labute approximate surface area is 125 Å². The molecule has 5 heteroatoms. The molecule has 2 aromatic heterocycles. The molecule has 0 unspecified atom stereocenters. The van der Waals surface area contributed by atoms with Gasteiger partial charge in [-0.15, -0.1) is 11.3 Å². The molecule has 0 aliphatic carbocycles. The number of thiophene rings is 1. The van der Waals surface area contributed by atoms with E-state index in [0.717, 1.165) is 10.3 Å². The molecule has 0 aliphatic rings. The Bertz CT molecular complexity index is 841. The summed E-state index contributed by atoms with van der Waals surface area (Å²) in [5.41, 5.74) is 1.68. The van der Waals surface area contributed by atoms with E-state index in [1.54, 1.807) is 25.3 Å². The summed E-state index contributed by atoms with van der Waals surface area (Å²) in [6, 6.07) is 8.53. The van der Waals surface area contributed by atoms with Gasteiger partial charge in [0.15, 0.2) is 0 Å². The lowest BCUT2D eigenvalue weighted by atomic mass is 10.1. The molecule has 1 N–H and O–H groups in total. The highest BCUT2D eigenvalue weighted by molar-refractivity contribution is 7.21. The first-order valence-corrected chi connectivity index (χ1v) is 7.29. The Balaban J connectivity index is 1.99. The molecule has 1 aromatic carbocycles. The van der Waals surface area contributed by atoms with E-state index < -0.39 is 0 Å². The smallest absolute Gasteiger partial charge is 0.267 e. The molecule has 0 spiro atoms. The normalized spacial score (nSPS) is 10.8. The maximum absolute atomic E-state index is 13.9. The van der Waals surface area contributed by atoms with Gasteiger partial charge < -0.3 is 5.32 Å². The van der Waals surface area contributed by atoms with Gasteiger partial charge in [-0.1, -0.05) is 6.07 Å². The largest absolute Gasteiger partial charge is 0.306 e. The average molecular weight is 300 g/mol. The van der Waals surface area contributed by atoms with Crippen molar-refractivity contribution in [3.63, 3.8) is 0 Å². The number of halogens is 1. The molecule has 0 atom stereocenters. The van der Waals surface area contributed by atoms with Crippen LogP contribution in [0.4, 0.5) is 10.2 Å². The lowest BCUT2D eigenvalue weighted by Crippen LogP contribution is -2.12. The van der Waals surface area contributed by atoms with Gasteiger partial charge in [0.25, 0.3) is 5.91 Å². The summed E-state index contributed by atoms with van der Waals surface area (Å²) >= 11 is 1.29. The van der Waals surface area contributed by atoms with Crippen molar-refractivity contribution in [2.75, 3.05) is 5.32 Å². The Morgan fingerprint density at radius 3 is 2.81 bits per heavy atom. The maximum Gasteiger partial charge on any atom is 0.267 e. The van der Waals surface area contributed by atoms with Gasteiger partial charge in [-0.25, -0.2) is 9.37 Å². The number of carbonyl (C=O) groups excluding carboxylic acids is 1. The van der Waals surface area contributed by atoms with Crippen molar-refractivity contribution in [1.29, 1.82) is 0 Å². The Hall–Kier alpha value is -2.27. The monoisotopic (exact) mass is 300 g/mol. The lowest BCUT2D eigenvalue weighted by molar-refractivity contribution is 0.102. The molecule has 3 aromatic rings. The van der Waals surface area contributed by atoms with E-state index in [1.165, 1.54) is 17.4 Å². The van der Waals surface area contributed by atoms with Crippen LogP contribution < -0.4 is 5.32 Å². The van der Waals surface area contributed by atoms with Gasteiger partial charge in [0.1, 0.15) is 11.6 Å². The lowest BCUT2D eigenvalue weighted by Gasteiger charge is -2.04. The first kappa shape index (κ1) is 13.7. The van der Waals surface area contributed by atoms with Crippen LogP contribution in [0.25, 0.3) is 10.1 Å². The fourth-order valence-corrected chi connectivity index (χ4v) is 3.37. The number of fused-ring (bicyclic) bond motifs is 1. The number of hydrogen-bond acceptors (Lipinski definition) is 3. The SMILES string of the molecule is Cc1ccnc(NC(=O)c2sc3cccc(F)c3c2C)c1. The third kappa shape index (κ3) is 2.52. The summed E-state index contributed by atoms with van der Waals surface area (Å²) in [7, 11) is 0. The number of aromatic nitrogens is 1. The number of rotatable bonds is 2. The predicted molar refractivity (Wildman–Crippen MR) is 83.4 cm³/mol. The van der Waals surface area contributed by atoms with E-state index in [4.69, 9.17) is 0 Å². The number of nitrogens with zero attached hydrogens (tertiary/aromatic N) is 1. The molecular weight excluding hydrogens is 287 g/mol. The van der Waals surface area contributed by atoms with Gasteiger partial charge in [-0.3, -0.25) is 4.79 Å². The summed E-state index contributed by atoms with van der Waals surface area (Å²) in [6.07, 6.45) is 1.64. The van der Waals surface area contributed by atoms with E-state index in [0.29, 0.717) is 21.6 Å². The second-order valence-corrected chi connectivity index (χ2v) is 5.89. The number of carbonyl (C=O) groups is 1. The molecule has 2 heterocycles. The van der Waals surface area contributed by atoms with Gasteiger partial charge in [0, 0.05) is 16.3 Å². The predicted octanol–water partition coefficient (Wildman–Crippen LogP) is 4.30. The number of benzene rings is 1. The molecule has 0 saturated heterocycles. The van der Waals surface area contributed by atoms with Gasteiger partial charge in [-0.05, 0) is 49.2 Å². The summed E-state index contributed by atoms with van der Waals surface area (Å²) in [6.45, 7) is 3.69. The molecule has 0 aliphatic heterocycles. The van der Waals surface area contributed by atoms with Crippen LogP contribution in [0.5, 0.6) is 0 Å². The maximum atomic E-state index is 13.9. The molecular formula is C16H13FN2OS. The molecule has 1 amide bonds.